The van der Waals surface area contributed by atoms with E-state index in [2.05, 4.69) is 31.3 Å². The first-order valence-electron chi connectivity index (χ1n) is 5.02. The lowest BCUT2D eigenvalue weighted by Gasteiger charge is -2.05. The summed E-state index contributed by atoms with van der Waals surface area (Å²) in [6, 6.07) is 10.00. The summed E-state index contributed by atoms with van der Waals surface area (Å²) < 4.78 is 0. The quantitative estimate of drug-likeness (QED) is 0.570. The molecule has 2 heteroatoms. The molecule has 0 aliphatic rings. The van der Waals surface area contributed by atoms with Gasteiger partial charge in [0, 0.05) is 5.71 Å². The molecule has 1 aromatic rings. The SMILES string of the molecule is CC(CC(C)C)=NNc1ccccc1. The van der Waals surface area contributed by atoms with Gasteiger partial charge in [0.2, 0.25) is 0 Å². The maximum atomic E-state index is 4.30. The molecule has 0 saturated carbocycles. The van der Waals surface area contributed by atoms with Crippen LogP contribution in [-0.4, -0.2) is 5.71 Å². The topological polar surface area (TPSA) is 24.4 Å². The van der Waals surface area contributed by atoms with Gasteiger partial charge in [-0.1, -0.05) is 32.0 Å². The van der Waals surface area contributed by atoms with Gasteiger partial charge in [-0.15, -0.1) is 0 Å². The van der Waals surface area contributed by atoms with Gasteiger partial charge in [0.25, 0.3) is 0 Å². The molecule has 1 rings (SSSR count). The largest absolute Gasteiger partial charge is 0.279 e. The van der Waals surface area contributed by atoms with E-state index >= 15 is 0 Å². The molecule has 0 aliphatic carbocycles. The summed E-state index contributed by atoms with van der Waals surface area (Å²) in [6.45, 7) is 6.44. The molecule has 0 aromatic heterocycles. The molecular formula is C12H18N2. The van der Waals surface area contributed by atoms with Crippen LogP contribution in [-0.2, 0) is 0 Å². The average molecular weight is 190 g/mol. The summed E-state index contributed by atoms with van der Waals surface area (Å²) >= 11 is 0. The molecular weight excluding hydrogens is 172 g/mol. The molecule has 1 N–H and O–H groups in total. The van der Waals surface area contributed by atoms with E-state index < -0.39 is 0 Å². The van der Waals surface area contributed by atoms with Crippen molar-refractivity contribution in [3.63, 3.8) is 0 Å². The molecule has 0 fully saturated rings. The monoisotopic (exact) mass is 190 g/mol. The second-order valence-corrected chi connectivity index (χ2v) is 3.92. The first-order valence-corrected chi connectivity index (χ1v) is 5.02. The van der Waals surface area contributed by atoms with Crippen LogP contribution < -0.4 is 5.43 Å². The number of para-hydroxylation sites is 1. The first kappa shape index (κ1) is 10.8. The van der Waals surface area contributed by atoms with E-state index in [-0.39, 0.29) is 0 Å². The Morgan fingerprint density at radius 3 is 2.50 bits per heavy atom. The van der Waals surface area contributed by atoms with Crippen molar-refractivity contribution in [2.75, 3.05) is 5.43 Å². The van der Waals surface area contributed by atoms with E-state index in [1.807, 2.05) is 30.3 Å². The van der Waals surface area contributed by atoms with Crippen LogP contribution in [0.4, 0.5) is 5.69 Å². The van der Waals surface area contributed by atoms with Crippen molar-refractivity contribution in [3.8, 4) is 0 Å². The van der Waals surface area contributed by atoms with Crippen LogP contribution in [0, 0.1) is 5.92 Å². The van der Waals surface area contributed by atoms with E-state index in [0.29, 0.717) is 5.92 Å². The highest BCUT2D eigenvalue weighted by Crippen LogP contribution is 2.06. The van der Waals surface area contributed by atoms with Crippen LogP contribution in [0.1, 0.15) is 27.2 Å². The van der Waals surface area contributed by atoms with Crippen LogP contribution in [0.25, 0.3) is 0 Å². The summed E-state index contributed by atoms with van der Waals surface area (Å²) in [5, 5.41) is 4.30. The van der Waals surface area contributed by atoms with Crippen molar-refractivity contribution in [2.45, 2.75) is 27.2 Å². The summed E-state index contributed by atoms with van der Waals surface area (Å²) in [7, 11) is 0. The minimum absolute atomic E-state index is 0.663. The van der Waals surface area contributed by atoms with Crippen molar-refractivity contribution in [3.05, 3.63) is 30.3 Å². The minimum Gasteiger partial charge on any atom is -0.279 e. The van der Waals surface area contributed by atoms with Gasteiger partial charge in [0.15, 0.2) is 0 Å². The third-order valence-corrected chi connectivity index (χ3v) is 1.85. The van der Waals surface area contributed by atoms with Crippen molar-refractivity contribution < 1.29 is 0 Å². The van der Waals surface area contributed by atoms with Crippen molar-refractivity contribution in [1.82, 2.24) is 0 Å². The predicted molar refractivity (Wildman–Crippen MR) is 62.6 cm³/mol. The third kappa shape index (κ3) is 4.08. The summed E-state index contributed by atoms with van der Waals surface area (Å²) in [4.78, 5) is 0. The Morgan fingerprint density at radius 2 is 1.93 bits per heavy atom. The fourth-order valence-electron chi connectivity index (χ4n) is 1.31. The second-order valence-electron chi connectivity index (χ2n) is 3.92. The normalized spacial score (nSPS) is 11.9. The van der Waals surface area contributed by atoms with Gasteiger partial charge in [-0.2, -0.15) is 5.10 Å². The fourth-order valence-corrected chi connectivity index (χ4v) is 1.31. The Kier molecular flexibility index (Phi) is 4.17. The summed E-state index contributed by atoms with van der Waals surface area (Å²) in [5.41, 5.74) is 5.22. The highest BCUT2D eigenvalue weighted by Gasteiger charge is 1.96. The zero-order chi connectivity index (χ0) is 10.4. The molecule has 2 nitrogen and oxygen atoms in total. The molecule has 14 heavy (non-hydrogen) atoms. The van der Waals surface area contributed by atoms with Gasteiger partial charge in [-0.3, -0.25) is 5.43 Å². The average Bonchev–Trinajstić information content (AvgIpc) is 2.15. The number of hydrogen-bond acceptors (Lipinski definition) is 2. The molecule has 0 spiro atoms. The maximum Gasteiger partial charge on any atom is 0.0561 e. The maximum absolute atomic E-state index is 4.30. The van der Waals surface area contributed by atoms with E-state index in [4.69, 9.17) is 0 Å². The Labute approximate surface area is 86.0 Å². The summed E-state index contributed by atoms with van der Waals surface area (Å²) in [5.74, 6) is 0.663. The third-order valence-electron chi connectivity index (χ3n) is 1.85. The minimum atomic E-state index is 0.663. The fraction of sp³-hybridized carbons (Fsp3) is 0.417. The van der Waals surface area contributed by atoms with Gasteiger partial charge in [0.05, 0.1) is 5.69 Å². The zero-order valence-electron chi connectivity index (χ0n) is 9.12. The van der Waals surface area contributed by atoms with Gasteiger partial charge < -0.3 is 0 Å². The van der Waals surface area contributed by atoms with E-state index in [0.717, 1.165) is 17.8 Å². The molecule has 0 unspecified atom stereocenters. The molecule has 0 bridgehead atoms. The lowest BCUT2D eigenvalue weighted by Crippen LogP contribution is -2.01. The van der Waals surface area contributed by atoms with E-state index in [1.54, 1.807) is 0 Å². The van der Waals surface area contributed by atoms with Gasteiger partial charge in [-0.05, 0) is 31.4 Å². The number of rotatable bonds is 4. The Hall–Kier alpha value is -1.31. The zero-order valence-corrected chi connectivity index (χ0v) is 9.12. The second kappa shape index (κ2) is 5.43. The van der Waals surface area contributed by atoms with E-state index in [1.165, 1.54) is 0 Å². The first-order chi connectivity index (χ1) is 6.68. The van der Waals surface area contributed by atoms with Gasteiger partial charge in [0.1, 0.15) is 0 Å². The Balaban J connectivity index is 2.47. The standard InChI is InChI=1S/C12H18N2/c1-10(2)9-11(3)13-14-12-7-5-4-6-8-12/h4-8,10,14H,9H2,1-3H3. The molecule has 0 atom stereocenters. The molecule has 0 amide bonds. The number of hydrazone groups is 1. The highest BCUT2D eigenvalue weighted by atomic mass is 15.3. The molecule has 0 saturated heterocycles. The van der Waals surface area contributed by atoms with Crippen LogP contribution >= 0.6 is 0 Å². The van der Waals surface area contributed by atoms with Crippen molar-refractivity contribution in [1.29, 1.82) is 0 Å². The molecule has 1 aromatic carbocycles. The van der Waals surface area contributed by atoms with Gasteiger partial charge >= 0.3 is 0 Å². The van der Waals surface area contributed by atoms with Crippen molar-refractivity contribution in [2.24, 2.45) is 11.0 Å². The highest BCUT2D eigenvalue weighted by molar-refractivity contribution is 5.82. The Morgan fingerprint density at radius 1 is 1.29 bits per heavy atom. The number of hydrogen-bond donors (Lipinski definition) is 1. The molecule has 76 valence electrons. The number of benzene rings is 1. The number of anilines is 1. The number of nitrogens with one attached hydrogen (secondary N) is 1. The lowest BCUT2D eigenvalue weighted by atomic mass is 10.1. The smallest absolute Gasteiger partial charge is 0.0561 e. The molecule has 0 heterocycles. The van der Waals surface area contributed by atoms with Crippen LogP contribution in [0.15, 0.2) is 35.4 Å². The van der Waals surface area contributed by atoms with Crippen LogP contribution in [0.5, 0.6) is 0 Å². The van der Waals surface area contributed by atoms with E-state index in [9.17, 15) is 0 Å². The van der Waals surface area contributed by atoms with Gasteiger partial charge in [-0.25, -0.2) is 0 Å². The lowest BCUT2D eigenvalue weighted by molar-refractivity contribution is 0.682. The molecule has 0 radical (unpaired) electrons. The Bertz CT molecular complexity index is 288. The predicted octanol–water partition coefficient (Wildman–Crippen LogP) is 3.52. The summed E-state index contributed by atoms with van der Waals surface area (Å²) in [6.07, 6.45) is 1.04. The van der Waals surface area contributed by atoms with Crippen molar-refractivity contribution >= 4 is 11.4 Å². The molecule has 0 aliphatic heterocycles. The number of nitrogens with zero attached hydrogens (tertiary/aromatic N) is 1. The van der Waals surface area contributed by atoms with Crippen LogP contribution in [0.2, 0.25) is 0 Å². The van der Waals surface area contributed by atoms with Crippen LogP contribution in [0.3, 0.4) is 0 Å².